The van der Waals surface area contributed by atoms with Gasteiger partial charge in [-0.05, 0) is 11.8 Å². The van der Waals surface area contributed by atoms with E-state index in [0.29, 0.717) is 24.7 Å². The van der Waals surface area contributed by atoms with Gasteiger partial charge < -0.3 is 0 Å². The predicted molar refractivity (Wildman–Crippen MR) is 47.9 cm³/mol. The Hall–Kier alpha value is -1.28. The van der Waals surface area contributed by atoms with Crippen molar-refractivity contribution in [2.75, 3.05) is 0 Å². The van der Waals surface area contributed by atoms with Crippen molar-refractivity contribution in [3.63, 3.8) is 0 Å². The minimum Gasteiger partial charge on any atom is -0.198 e. The quantitative estimate of drug-likeness (QED) is 0.596. The first-order chi connectivity index (χ1) is 5.70. The van der Waals surface area contributed by atoms with E-state index >= 15 is 0 Å². The molecule has 0 aliphatic carbocycles. The highest BCUT2D eigenvalue weighted by Crippen LogP contribution is 2.07. The second kappa shape index (κ2) is 6.43. The molecule has 0 spiro atoms. The largest absolute Gasteiger partial charge is 0.198 e. The van der Waals surface area contributed by atoms with E-state index in [-0.39, 0.29) is 0 Å². The Kier molecular flexibility index (Phi) is 5.75. The number of allylic oxidation sites excluding steroid dienone is 2. The Morgan fingerprint density at radius 2 is 1.33 bits per heavy atom. The van der Waals surface area contributed by atoms with Gasteiger partial charge in [0.2, 0.25) is 0 Å². The number of hydrogen-bond acceptors (Lipinski definition) is 2. The lowest BCUT2D eigenvalue weighted by molar-refractivity contribution is 0.708. The van der Waals surface area contributed by atoms with Crippen molar-refractivity contribution in [1.82, 2.24) is 0 Å². The van der Waals surface area contributed by atoms with Crippen molar-refractivity contribution in [1.29, 1.82) is 10.5 Å². The van der Waals surface area contributed by atoms with E-state index in [1.165, 1.54) is 0 Å². The summed E-state index contributed by atoms with van der Waals surface area (Å²) < 4.78 is 0. The Bertz CT molecular complexity index is 193. The zero-order valence-electron chi connectivity index (χ0n) is 7.62. The molecule has 0 aromatic heterocycles. The molecule has 2 atom stereocenters. The molecule has 0 fully saturated rings. The second-order valence-electron chi connectivity index (χ2n) is 3.06. The van der Waals surface area contributed by atoms with Gasteiger partial charge >= 0.3 is 0 Å². The summed E-state index contributed by atoms with van der Waals surface area (Å²) in [6.45, 7) is 4.00. The first-order valence-electron chi connectivity index (χ1n) is 4.13. The van der Waals surface area contributed by atoms with Gasteiger partial charge in [-0.15, -0.1) is 0 Å². The summed E-state index contributed by atoms with van der Waals surface area (Å²) in [5, 5.41) is 16.7. The van der Waals surface area contributed by atoms with Gasteiger partial charge in [-0.1, -0.05) is 26.0 Å². The average molecular weight is 162 g/mol. The van der Waals surface area contributed by atoms with Gasteiger partial charge in [0.15, 0.2) is 0 Å². The molecule has 0 saturated carbocycles. The van der Waals surface area contributed by atoms with Gasteiger partial charge in [0, 0.05) is 12.8 Å². The van der Waals surface area contributed by atoms with E-state index in [1.807, 2.05) is 26.0 Å². The fourth-order valence-corrected chi connectivity index (χ4v) is 0.803. The van der Waals surface area contributed by atoms with Crippen molar-refractivity contribution in [2.45, 2.75) is 26.7 Å². The third-order valence-electron chi connectivity index (χ3n) is 1.59. The molecule has 0 aliphatic heterocycles. The molecule has 0 amide bonds. The maximum absolute atomic E-state index is 8.37. The molecule has 0 heterocycles. The molecule has 12 heavy (non-hydrogen) atoms. The van der Waals surface area contributed by atoms with Crippen LogP contribution in [0.25, 0.3) is 0 Å². The Morgan fingerprint density at radius 3 is 1.58 bits per heavy atom. The van der Waals surface area contributed by atoms with Crippen LogP contribution in [0, 0.1) is 34.5 Å². The Balaban J connectivity index is 3.75. The van der Waals surface area contributed by atoms with Gasteiger partial charge in [-0.25, -0.2) is 0 Å². The van der Waals surface area contributed by atoms with E-state index in [1.54, 1.807) is 0 Å². The fourth-order valence-electron chi connectivity index (χ4n) is 0.803. The van der Waals surface area contributed by atoms with E-state index in [4.69, 9.17) is 10.5 Å². The molecule has 2 nitrogen and oxygen atoms in total. The van der Waals surface area contributed by atoms with E-state index in [0.717, 1.165) is 0 Å². The topological polar surface area (TPSA) is 47.6 Å². The van der Waals surface area contributed by atoms with Gasteiger partial charge in [0.25, 0.3) is 0 Å². The van der Waals surface area contributed by atoms with Crippen LogP contribution in [-0.4, -0.2) is 0 Å². The lowest BCUT2D eigenvalue weighted by Gasteiger charge is -2.01. The predicted octanol–water partition coefficient (Wildman–Crippen LogP) is 2.64. The molecule has 2 heteroatoms. The highest BCUT2D eigenvalue weighted by molar-refractivity contribution is 4.95. The van der Waals surface area contributed by atoms with Crippen LogP contribution in [0.2, 0.25) is 0 Å². The van der Waals surface area contributed by atoms with Gasteiger partial charge in [-0.3, -0.25) is 0 Å². The normalized spacial score (nSPS) is 15.0. The van der Waals surface area contributed by atoms with Crippen LogP contribution < -0.4 is 0 Å². The second-order valence-corrected chi connectivity index (χ2v) is 3.06. The number of hydrogen-bond donors (Lipinski definition) is 0. The van der Waals surface area contributed by atoms with E-state index in [2.05, 4.69) is 12.1 Å². The van der Waals surface area contributed by atoms with Gasteiger partial charge in [-0.2, -0.15) is 10.5 Å². The Morgan fingerprint density at radius 1 is 1.00 bits per heavy atom. The molecule has 0 aromatic rings. The fraction of sp³-hybridized carbons (Fsp3) is 0.600. The molecule has 0 aliphatic rings. The molecular weight excluding hydrogens is 148 g/mol. The summed E-state index contributed by atoms with van der Waals surface area (Å²) in [5.74, 6) is 0.604. The van der Waals surface area contributed by atoms with E-state index < -0.39 is 0 Å². The van der Waals surface area contributed by atoms with Crippen LogP contribution >= 0.6 is 0 Å². The minimum absolute atomic E-state index is 0.302. The molecular formula is C10H14N2. The first-order valence-corrected chi connectivity index (χ1v) is 4.13. The lowest BCUT2D eigenvalue weighted by Crippen LogP contribution is -1.90. The zero-order valence-corrected chi connectivity index (χ0v) is 7.62. The summed E-state index contributed by atoms with van der Waals surface area (Å²) in [6, 6.07) is 4.21. The van der Waals surface area contributed by atoms with Crippen molar-refractivity contribution >= 4 is 0 Å². The van der Waals surface area contributed by atoms with Crippen LogP contribution in [0.4, 0.5) is 0 Å². The molecule has 0 bridgehead atoms. The third-order valence-corrected chi connectivity index (χ3v) is 1.59. The molecule has 0 saturated heterocycles. The average Bonchev–Trinajstić information content (AvgIpc) is 2.02. The van der Waals surface area contributed by atoms with Crippen molar-refractivity contribution < 1.29 is 0 Å². The van der Waals surface area contributed by atoms with Crippen LogP contribution in [0.1, 0.15) is 26.7 Å². The van der Waals surface area contributed by atoms with Crippen molar-refractivity contribution in [3.8, 4) is 12.1 Å². The first kappa shape index (κ1) is 10.7. The maximum Gasteiger partial charge on any atom is 0.0627 e. The van der Waals surface area contributed by atoms with Crippen LogP contribution in [-0.2, 0) is 0 Å². The SMILES string of the molecule is CC(C=CC(C)CC#N)CC#N. The smallest absolute Gasteiger partial charge is 0.0627 e. The van der Waals surface area contributed by atoms with Gasteiger partial charge in [0.05, 0.1) is 12.1 Å². The van der Waals surface area contributed by atoms with Crippen molar-refractivity contribution in [3.05, 3.63) is 12.2 Å². The molecule has 2 unspecified atom stereocenters. The molecule has 0 aromatic carbocycles. The minimum atomic E-state index is 0.302. The summed E-state index contributed by atoms with van der Waals surface area (Å²) in [7, 11) is 0. The molecule has 64 valence electrons. The van der Waals surface area contributed by atoms with E-state index in [9.17, 15) is 0 Å². The summed E-state index contributed by atoms with van der Waals surface area (Å²) in [4.78, 5) is 0. The molecule has 0 radical (unpaired) electrons. The highest BCUT2D eigenvalue weighted by atomic mass is 14.2. The van der Waals surface area contributed by atoms with Crippen LogP contribution in [0.3, 0.4) is 0 Å². The summed E-state index contributed by atoms with van der Waals surface area (Å²) in [6.07, 6.45) is 5.11. The maximum atomic E-state index is 8.37. The Labute approximate surface area is 74.1 Å². The number of nitrogens with zero attached hydrogens (tertiary/aromatic N) is 2. The van der Waals surface area contributed by atoms with Crippen molar-refractivity contribution in [2.24, 2.45) is 11.8 Å². The van der Waals surface area contributed by atoms with Crippen LogP contribution in [0.15, 0.2) is 12.2 Å². The van der Waals surface area contributed by atoms with Gasteiger partial charge in [0.1, 0.15) is 0 Å². The molecule has 0 rings (SSSR count). The summed E-state index contributed by atoms with van der Waals surface area (Å²) in [5.41, 5.74) is 0. The number of nitriles is 2. The summed E-state index contributed by atoms with van der Waals surface area (Å²) >= 11 is 0. The molecule has 0 N–H and O–H groups in total. The standard InChI is InChI=1S/C10H14N2/c1-9(5-7-11)3-4-10(2)6-8-12/h3-4,9-10H,5-6H2,1-2H3. The zero-order chi connectivity index (χ0) is 9.40. The number of rotatable bonds is 4. The monoisotopic (exact) mass is 162 g/mol. The lowest BCUT2D eigenvalue weighted by atomic mass is 10.0. The third kappa shape index (κ3) is 5.50. The highest BCUT2D eigenvalue weighted by Gasteiger charge is 1.97. The van der Waals surface area contributed by atoms with Crippen LogP contribution in [0.5, 0.6) is 0 Å².